The van der Waals surface area contributed by atoms with E-state index in [1.54, 1.807) is 0 Å². The molecule has 1 aliphatic heterocycles. The van der Waals surface area contributed by atoms with E-state index < -0.39 is 0 Å². The van der Waals surface area contributed by atoms with Crippen LogP contribution < -0.4 is 10.1 Å². The van der Waals surface area contributed by atoms with Gasteiger partial charge in [-0.15, -0.1) is 0 Å². The van der Waals surface area contributed by atoms with Gasteiger partial charge in [-0.3, -0.25) is 4.79 Å². The standard InChI is InChI=1S/C35H47NO3/c37-35(29-15-18-33(19-16-29)39-24-34-9-4-20-38-34)36-32-17-14-30-22-26(11-13-31(30)23-32)21-25-5-3-8-27-6-1-2-7-28(27)12-10-25/h11,13,15-16,18-19,22,25,27-28,32,34H,1-10,12,14,17,20-21,23-24H2,(H,36,37)/t25?,27-,28?,32+,34+/m1/s1. The van der Waals surface area contributed by atoms with Gasteiger partial charge in [0.15, 0.2) is 0 Å². The van der Waals surface area contributed by atoms with Gasteiger partial charge in [-0.25, -0.2) is 0 Å². The lowest BCUT2D eigenvalue weighted by Gasteiger charge is -2.35. The van der Waals surface area contributed by atoms with Gasteiger partial charge in [0, 0.05) is 18.2 Å². The van der Waals surface area contributed by atoms with Crippen molar-refractivity contribution >= 4 is 5.91 Å². The molecule has 2 unspecified atom stereocenters. The number of hydrogen-bond donors (Lipinski definition) is 1. The van der Waals surface area contributed by atoms with E-state index in [9.17, 15) is 4.79 Å². The monoisotopic (exact) mass is 529 g/mol. The molecule has 4 aliphatic rings. The fraction of sp³-hybridized carbons (Fsp3) is 0.629. The third-order valence-electron chi connectivity index (χ3n) is 10.1. The molecule has 0 spiro atoms. The van der Waals surface area contributed by atoms with Crippen LogP contribution in [-0.4, -0.2) is 31.3 Å². The summed E-state index contributed by atoms with van der Waals surface area (Å²) >= 11 is 0. The largest absolute Gasteiger partial charge is 0.491 e. The van der Waals surface area contributed by atoms with Crippen molar-refractivity contribution in [3.8, 4) is 5.75 Å². The molecule has 1 amide bonds. The Morgan fingerprint density at radius 1 is 0.821 bits per heavy atom. The topological polar surface area (TPSA) is 47.6 Å². The molecule has 2 saturated carbocycles. The minimum atomic E-state index is 0.00948. The van der Waals surface area contributed by atoms with Crippen molar-refractivity contribution < 1.29 is 14.3 Å². The van der Waals surface area contributed by atoms with E-state index >= 15 is 0 Å². The Morgan fingerprint density at radius 3 is 2.46 bits per heavy atom. The summed E-state index contributed by atoms with van der Waals surface area (Å²) in [5, 5.41) is 3.29. The van der Waals surface area contributed by atoms with Crippen LogP contribution >= 0.6 is 0 Å². The second kappa shape index (κ2) is 12.9. The molecule has 0 aromatic heterocycles. The normalized spacial score (nSPS) is 29.0. The number of carbonyl (C=O) groups excluding carboxylic acids is 1. The highest BCUT2D eigenvalue weighted by molar-refractivity contribution is 5.94. The lowest BCUT2D eigenvalue weighted by atomic mass is 9.71. The van der Waals surface area contributed by atoms with Crippen LogP contribution in [0, 0.1) is 17.8 Å². The Kier molecular flexibility index (Phi) is 8.88. The smallest absolute Gasteiger partial charge is 0.251 e. The van der Waals surface area contributed by atoms with E-state index in [4.69, 9.17) is 9.47 Å². The summed E-state index contributed by atoms with van der Waals surface area (Å²) in [6.07, 6.45) is 19.8. The first-order valence-corrected chi connectivity index (χ1v) is 16.0. The third-order valence-corrected chi connectivity index (χ3v) is 10.1. The van der Waals surface area contributed by atoms with Gasteiger partial charge in [-0.1, -0.05) is 63.1 Å². The number of aryl methyl sites for hydroxylation is 1. The highest BCUT2D eigenvalue weighted by Crippen LogP contribution is 2.40. The van der Waals surface area contributed by atoms with Gasteiger partial charge >= 0.3 is 0 Å². The SMILES string of the molecule is O=C(N[C@H]1CCc2cc(CC3CCC[C@H]4CCCCC4CC3)ccc2C1)c1ccc(OC[C@@H]2CCCO2)cc1. The first-order chi connectivity index (χ1) is 19.2. The Bertz CT molecular complexity index is 1090. The first-order valence-electron chi connectivity index (χ1n) is 16.0. The van der Waals surface area contributed by atoms with Crippen molar-refractivity contribution in [1.29, 1.82) is 0 Å². The molecular formula is C35H47NO3. The number of carbonyl (C=O) groups is 1. The molecule has 1 N–H and O–H groups in total. The molecule has 1 heterocycles. The van der Waals surface area contributed by atoms with Crippen LogP contribution in [0.5, 0.6) is 5.75 Å². The first kappa shape index (κ1) is 26.9. The molecule has 5 atom stereocenters. The lowest BCUT2D eigenvalue weighted by molar-refractivity contribution is 0.0679. The zero-order valence-electron chi connectivity index (χ0n) is 23.7. The predicted molar refractivity (Wildman–Crippen MR) is 156 cm³/mol. The van der Waals surface area contributed by atoms with Crippen molar-refractivity contribution in [2.24, 2.45) is 17.8 Å². The Balaban J connectivity index is 0.983. The summed E-state index contributed by atoms with van der Waals surface area (Å²) in [4.78, 5) is 12.9. The molecule has 3 fully saturated rings. The fourth-order valence-electron chi connectivity index (χ4n) is 7.84. The van der Waals surface area contributed by atoms with Gasteiger partial charge < -0.3 is 14.8 Å². The van der Waals surface area contributed by atoms with Crippen molar-refractivity contribution in [1.82, 2.24) is 5.32 Å². The molecule has 2 aromatic carbocycles. The average Bonchev–Trinajstić information content (AvgIpc) is 3.48. The third kappa shape index (κ3) is 7.06. The van der Waals surface area contributed by atoms with Gasteiger partial charge in [0.2, 0.25) is 0 Å². The van der Waals surface area contributed by atoms with Crippen LogP contribution in [0.2, 0.25) is 0 Å². The molecule has 1 saturated heterocycles. The second-order valence-corrected chi connectivity index (χ2v) is 12.9. The summed E-state index contributed by atoms with van der Waals surface area (Å²) in [7, 11) is 0. The van der Waals surface area contributed by atoms with E-state index in [1.165, 1.54) is 80.9 Å². The Hall–Kier alpha value is -2.33. The number of rotatable bonds is 7. The van der Waals surface area contributed by atoms with E-state index in [1.807, 2.05) is 24.3 Å². The maximum atomic E-state index is 12.9. The minimum Gasteiger partial charge on any atom is -0.491 e. The van der Waals surface area contributed by atoms with Crippen LogP contribution in [0.4, 0.5) is 0 Å². The molecular weight excluding hydrogens is 482 g/mol. The minimum absolute atomic E-state index is 0.00948. The zero-order valence-corrected chi connectivity index (χ0v) is 23.7. The molecule has 0 radical (unpaired) electrons. The molecule has 4 nitrogen and oxygen atoms in total. The highest BCUT2D eigenvalue weighted by Gasteiger charge is 2.28. The summed E-state index contributed by atoms with van der Waals surface area (Å²) < 4.78 is 11.5. The summed E-state index contributed by atoms with van der Waals surface area (Å²) in [6.45, 7) is 1.41. The molecule has 3 aliphatic carbocycles. The van der Waals surface area contributed by atoms with Crippen molar-refractivity contribution in [2.75, 3.05) is 13.2 Å². The van der Waals surface area contributed by atoms with Gasteiger partial charge in [0.25, 0.3) is 5.91 Å². The quantitative estimate of drug-likeness (QED) is 0.405. The Labute approximate surface area is 235 Å². The van der Waals surface area contributed by atoms with Crippen molar-refractivity contribution in [2.45, 2.75) is 108 Å². The summed E-state index contributed by atoms with van der Waals surface area (Å²) in [5.41, 5.74) is 5.14. The van der Waals surface area contributed by atoms with Crippen molar-refractivity contribution in [3.05, 3.63) is 64.7 Å². The summed E-state index contributed by atoms with van der Waals surface area (Å²) in [6, 6.07) is 14.9. The van der Waals surface area contributed by atoms with E-state index in [2.05, 4.69) is 23.5 Å². The van der Waals surface area contributed by atoms with Crippen LogP contribution in [0.25, 0.3) is 0 Å². The van der Waals surface area contributed by atoms with Gasteiger partial charge in [0.1, 0.15) is 12.4 Å². The van der Waals surface area contributed by atoms with Crippen LogP contribution in [0.1, 0.15) is 104 Å². The number of fused-ring (bicyclic) bond motifs is 2. The van der Waals surface area contributed by atoms with E-state index in [0.717, 1.165) is 62.2 Å². The maximum absolute atomic E-state index is 12.9. The lowest BCUT2D eigenvalue weighted by Crippen LogP contribution is -2.38. The predicted octanol–water partition coefficient (Wildman–Crippen LogP) is 7.46. The van der Waals surface area contributed by atoms with Gasteiger partial charge in [-0.2, -0.15) is 0 Å². The highest BCUT2D eigenvalue weighted by atomic mass is 16.5. The second-order valence-electron chi connectivity index (χ2n) is 12.9. The Morgan fingerprint density at radius 2 is 1.64 bits per heavy atom. The van der Waals surface area contributed by atoms with E-state index in [0.29, 0.717) is 12.2 Å². The van der Waals surface area contributed by atoms with Gasteiger partial charge in [0.05, 0.1) is 6.10 Å². The van der Waals surface area contributed by atoms with Crippen LogP contribution in [0.15, 0.2) is 42.5 Å². The van der Waals surface area contributed by atoms with Crippen molar-refractivity contribution in [3.63, 3.8) is 0 Å². The average molecular weight is 530 g/mol. The molecule has 2 aromatic rings. The number of nitrogens with one attached hydrogen (secondary N) is 1. The van der Waals surface area contributed by atoms with Crippen LogP contribution in [0.3, 0.4) is 0 Å². The molecule has 39 heavy (non-hydrogen) atoms. The number of hydrogen-bond acceptors (Lipinski definition) is 3. The molecule has 210 valence electrons. The fourth-order valence-corrected chi connectivity index (χ4v) is 7.84. The molecule has 0 bridgehead atoms. The zero-order chi connectivity index (χ0) is 26.4. The van der Waals surface area contributed by atoms with E-state index in [-0.39, 0.29) is 18.1 Å². The molecule has 6 rings (SSSR count). The van der Waals surface area contributed by atoms with Crippen LogP contribution in [-0.2, 0) is 24.0 Å². The number of amides is 1. The van der Waals surface area contributed by atoms with Gasteiger partial charge in [-0.05, 0) is 110 Å². The number of ether oxygens (including phenoxy) is 2. The maximum Gasteiger partial charge on any atom is 0.251 e. The number of benzene rings is 2. The molecule has 4 heteroatoms. The summed E-state index contributed by atoms with van der Waals surface area (Å²) in [5.74, 6) is 3.71.